The second kappa shape index (κ2) is 6.20. The van der Waals surface area contributed by atoms with Crippen molar-refractivity contribution < 1.29 is 5.11 Å². The predicted molar refractivity (Wildman–Crippen MR) is 81.4 cm³/mol. The highest BCUT2D eigenvalue weighted by atomic mass is 16.3. The summed E-state index contributed by atoms with van der Waals surface area (Å²) < 4.78 is 0. The lowest BCUT2D eigenvalue weighted by molar-refractivity contribution is -0.0355. The van der Waals surface area contributed by atoms with Crippen molar-refractivity contribution in [1.29, 1.82) is 0 Å². The second-order valence-electron chi connectivity index (χ2n) is 5.54. The van der Waals surface area contributed by atoms with E-state index in [1.54, 1.807) is 6.20 Å². The van der Waals surface area contributed by atoms with Gasteiger partial charge in [-0.3, -0.25) is 4.90 Å². The molecule has 110 valence electrons. The molecule has 1 aromatic carbocycles. The molecule has 1 aromatic heterocycles. The minimum absolute atomic E-state index is 0.596. The predicted octanol–water partition coefficient (Wildman–Crippen LogP) is 1.80. The minimum Gasteiger partial charge on any atom is -0.382 e. The third-order valence-corrected chi connectivity index (χ3v) is 3.92. The van der Waals surface area contributed by atoms with Gasteiger partial charge in [-0.2, -0.15) is 15.4 Å². The van der Waals surface area contributed by atoms with E-state index in [-0.39, 0.29) is 0 Å². The van der Waals surface area contributed by atoms with Gasteiger partial charge >= 0.3 is 0 Å². The normalized spacial score (nSPS) is 23.7. The topological polar surface area (TPSA) is 65.0 Å². The molecule has 0 aliphatic carbocycles. The van der Waals surface area contributed by atoms with E-state index >= 15 is 0 Å². The number of hydrogen-bond donors (Lipinski definition) is 2. The number of piperidine rings is 1. The standard InChI is InChI=1S/C16H20N4O/c21-16(15-12-17-19-18-15)9-5-11-20(13-16)10-4-8-14-6-2-1-3-7-14/h1-4,6-8,12,21H,5,9-11,13H2,(H,17,18,19)/b8-4+. The van der Waals surface area contributed by atoms with Crippen LogP contribution in [0, 0.1) is 0 Å². The number of H-pyrrole nitrogens is 1. The number of nitrogens with zero attached hydrogens (tertiary/aromatic N) is 3. The van der Waals surface area contributed by atoms with Gasteiger partial charge in [0.2, 0.25) is 0 Å². The van der Waals surface area contributed by atoms with E-state index in [2.05, 4.69) is 44.6 Å². The molecule has 1 atom stereocenters. The van der Waals surface area contributed by atoms with Gasteiger partial charge in [-0.25, -0.2) is 0 Å². The Morgan fingerprint density at radius 1 is 1.33 bits per heavy atom. The first-order chi connectivity index (χ1) is 10.3. The third-order valence-electron chi connectivity index (χ3n) is 3.92. The van der Waals surface area contributed by atoms with Crippen molar-refractivity contribution in [3.63, 3.8) is 0 Å². The molecular weight excluding hydrogens is 264 g/mol. The summed E-state index contributed by atoms with van der Waals surface area (Å²) in [6.07, 6.45) is 7.57. The molecule has 21 heavy (non-hydrogen) atoms. The Morgan fingerprint density at radius 3 is 2.95 bits per heavy atom. The van der Waals surface area contributed by atoms with Crippen LogP contribution in [0.1, 0.15) is 24.1 Å². The van der Waals surface area contributed by atoms with E-state index in [4.69, 9.17) is 0 Å². The highest BCUT2D eigenvalue weighted by Crippen LogP contribution is 2.29. The van der Waals surface area contributed by atoms with Gasteiger partial charge < -0.3 is 5.11 Å². The van der Waals surface area contributed by atoms with Crippen LogP contribution in [-0.4, -0.2) is 45.1 Å². The molecule has 0 radical (unpaired) electrons. The van der Waals surface area contributed by atoms with Gasteiger partial charge in [0.25, 0.3) is 0 Å². The lowest BCUT2D eigenvalue weighted by Gasteiger charge is -2.37. The molecule has 1 fully saturated rings. The van der Waals surface area contributed by atoms with Crippen molar-refractivity contribution >= 4 is 6.08 Å². The lowest BCUT2D eigenvalue weighted by atomic mass is 9.90. The first-order valence-electron chi connectivity index (χ1n) is 7.29. The van der Waals surface area contributed by atoms with E-state index in [9.17, 15) is 5.11 Å². The van der Waals surface area contributed by atoms with Crippen LogP contribution in [0.15, 0.2) is 42.6 Å². The summed E-state index contributed by atoms with van der Waals surface area (Å²) in [5.41, 5.74) is 0.951. The van der Waals surface area contributed by atoms with E-state index in [1.165, 1.54) is 5.56 Å². The van der Waals surface area contributed by atoms with Gasteiger partial charge in [0, 0.05) is 13.1 Å². The Morgan fingerprint density at radius 2 is 2.19 bits per heavy atom. The van der Waals surface area contributed by atoms with Crippen LogP contribution in [0.5, 0.6) is 0 Å². The summed E-state index contributed by atoms with van der Waals surface area (Å²) in [6.45, 7) is 2.42. The molecule has 2 N–H and O–H groups in total. The SMILES string of the molecule is OC1(c2cn[nH]n2)CCCN(C/C=C/c2ccccc2)C1. The maximum absolute atomic E-state index is 10.7. The van der Waals surface area contributed by atoms with Crippen molar-refractivity contribution in [2.45, 2.75) is 18.4 Å². The average molecular weight is 284 g/mol. The number of β-amino-alcohol motifs (C(OH)–C–C–N with tert-alkyl or cyclic N) is 1. The van der Waals surface area contributed by atoms with Crippen LogP contribution in [0.3, 0.4) is 0 Å². The monoisotopic (exact) mass is 284 g/mol. The quantitative estimate of drug-likeness (QED) is 0.898. The van der Waals surface area contributed by atoms with Crippen LogP contribution in [0.4, 0.5) is 0 Å². The Kier molecular flexibility index (Phi) is 4.13. The molecule has 3 rings (SSSR count). The molecule has 1 unspecified atom stereocenters. The number of aromatic nitrogens is 3. The largest absolute Gasteiger partial charge is 0.382 e. The summed E-state index contributed by atoms with van der Waals surface area (Å²) >= 11 is 0. The zero-order valence-corrected chi connectivity index (χ0v) is 11.9. The number of benzene rings is 1. The fourth-order valence-corrected chi connectivity index (χ4v) is 2.82. The molecule has 5 nitrogen and oxygen atoms in total. The van der Waals surface area contributed by atoms with E-state index in [0.717, 1.165) is 25.9 Å². The third kappa shape index (κ3) is 3.37. The van der Waals surface area contributed by atoms with Crippen LogP contribution in [-0.2, 0) is 5.60 Å². The van der Waals surface area contributed by atoms with Gasteiger partial charge in [0.05, 0.1) is 6.20 Å². The molecular formula is C16H20N4O. The number of hydrogen-bond acceptors (Lipinski definition) is 4. The van der Waals surface area contributed by atoms with Gasteiger partial charge in [0.15, 0.2) is 0 Å². The highest BCUT2D eigenvalue weighted by Gasteiger charge is 2.36. The van der Waals surface area contributed by atoms with Crippen LogP contribution < -0.4 is 0 Å². The Balaban J connectivity index is 1.61. The molecule has 1 saturated heterocycles. The molecule has 0 amide bonds. The van der Waals surface area contributed by atoms with E-state index in [1.807, 2.05) is 18.2 Å². The molecule has 2 heterocycles. The van der Waals surface area contributed by atoms with Crippen molar-refractivity contribution in [3.05, 3.63) is 53.9 Å². The van der Waals surface area contributed by atoms with Gasteiger partial charge in [-0.15, -0.1) is 0 Å². The van der Waals surface area contributed by atoms with Crippen molar-refractivity contribution in [2.75, 3.05) is 19.6 Å². The number of rotatable bonds is 4. The first kappa shape index (κ1) is 14.0. The highest BCUT2D eigenvalue weighted by molar-refractivity contribution is 5.48. The van der Waals surface area contributed by atoms with Gasteiger partial charge in [-0.05, 0) is 24.9 Å². The van der Waals surface area contributed by atoms with Gasteiger partial charge in [0.1, 0.15) is 11.3 Å². The zero-order chi connectivity index (χ0) is 14.5. The Hall–Kier alpha value is -1.98. The average Bonchev–Trinajstić information content (AvgIpc) is 3.04. The molecule has 0 saturated carbocycles. The fourth-order valence-electron chi connectivity index (χ4n) is 2.82. The first-order valence-corrected chi connectivity index (χ1v) is 7.29. The lowest BCUT2D eigenvalue weighted by Crippen LogP contribution is -2.46. The maximum atomic E-state index is 10.7. The van der Waals surface area contributed by atoms with Crippen LogP contribution in [0.25, 0.3) is 6.08 Å². The fraction of sp³-hybridized carbons (Fsp3) is 0.375. The van der Waals surface area contributed by atoms with Crippen molar-refractivity contribution in [2.24, 2.45) is 0 Å². The van der Waals surface area contributed by atoms with Crippen LogP contribution >= 0.6 is 0 Å². The second-order valence-corrected chi connectivity index (χ2v) is 5.54. The Bertz CT molecular complexity index is 582. The summed E-state index contributed by atoms with van der Waals surface area (Å²) in [5.74, 6) is 0. The summed E-state index contributed by atoms with van der Waals surface area (Å²) in [7, 11) is 0. The van der Waals surface area contributed by atoms with Gasteiger partial charge in [-0.1, -0.05) is 42.5 Å². The summed E-state index contributed by atoms with van der Waals surface area (Å²) in [5, 5.41) is 21.2. The summed E-state index contributed by atoms with van der Waals surface area (Å²) in [4.78, 5) is 2.25. The van der Waals surface area contributed by atoms with Crippen molar-refractivity contribution in [1.82, 2.24) is 20.3 Å². The molecule has 0 spiro atoms. The number of nitrogens with one attached hydrogen (secondary N) is 1. The Labute approximate surface area is 124 Å². The zero-order valence-electron chi connectivity index (χ0n) is 11.9. The molecule has 1 aliphatic rings. The van der Waals surface area contributed by atoms with Crippen molar-refractivity contribution in [3.8, 4) is 0 Å². The molecule has 5 heteroatoms. The summed E-state index contributed by atoms with van der Waals surface area (Å²) in [6, 6.07) is 10.2. The van der Waals surface area contributed by atoms with E-state index < -0.39 is 5.60 Å². The number of likely N-dealkylation sites (tertiary alicyclic amines) is 1. The number of aromatic amines is 1. The maximum Gasteiger partial charge on any atom is 0.123 e. The van der Waals surface area contributed by atoms with E-state index in [0.29, 0.717) is 12.2 Å². The minimum atomic E-state index is -0.883. The molecule has 2 aromatic rings. The number of aliphatic hydroxyl groups is 1. The molecule has 0 bridgehead atoms. The smallest absolute Gasteiger partial charge is 0.123 e. The van der Waals surface area contributed by atoms with Crippen LogP contribution in [0.2, 0.25) is 0 Å². The molecule has 1 aliphatic heterocycles.